The molecule has 0 aromatic carbocycles. The van der Waals surface area contributed by atoms with Gasteiger partial charge in [-0.1, -0.05) is 35.4 Å². The summed E-state index contributed by atoms with van der Waals surface area (Å²) >= 11 is 2.59. The van der Waals surface area contributed by atoms with Crippen LogP contribution in [0, 0.1) is 5.41 Å². The molecule has 1 heteroatoms. The van der Waals surface area contributed by atoms with E-state index >= 15 is 0 Å². The molecule has 2 fully saturated rings. The van der Waals surface area contributed by atoms with Crippen molar-refractivity contribution in [3.05, 3.63) is 0 Å². The summed E-state index contributed by atoms with van der Waals surface area (Å²) in [4.78, 5) is 0. The monoisotopic (exact) mass is 236 g/mol. The van der Waals surface area contributed by atoms with Crippen LogP contribution in [-0.2, 0) is 0 Å². The Morgan fingerprint density at radius 1 is 1.11 bits per heavy atom. The van der Waals surface area contributed by atoms with Crippen LogP contribution in [0.15, 0.2) is 0 Å². The predicted molar refractivity (Wildman–Crippen MR) is 47.9 cm³/mol. The minimum absolute atomic E-state index is 0.881. The first-order chi connectivity index (χ1) is 4.31. The lowest BCUT2D eigenvalue weighted by atomic mass is 9.68. The van der Waals surface area contributed by atoms with Gasteiger partial charge in [0.15, 0.2) is 0 Å². The Balaban J connectivity index is 1.95. The fourth-order valence-electron chi connectivity index (χ4n) is 2.41. The highest BCUT2D eigenvalue weighted by molar-refractivity contribution is 14.1. The molecule has 0 atom stereocenters. The van der Waals surface area contributed by atoms with E-state index in [2.05, 4.69) is 22.6 Å². The van der Waals surface area contributed by atoms with Crippen LogP contribution in [0.5, 0.6) is 0 Å². The minimum Gasteiger partial charge on any atom is -0.0826 e. The largest absolute Gasteiger partial charge is 0.0826 e. The Morgan fingerprint density at radius 3 is 2.11 bits per heavy atom. The van der Waals surface area contributed by atoms with Crippen LogP contribution >= 0.6 is 22.6 Å². The third kappa shape index (κ3) is 1.02. The molecule has 0 amide bonds. The maximum atomic E-state index is 2.59. The van der Waals surface area contributed by atoms with Crippen molar-refractivity contribution in [1.29, 1.82) is 0 Å². The van der Waals surface area contributed by atoms with Crippen molar-refractivity contribution in [2.45, 2.75) is 42.4 Å². The van der Waals surface area contributed by atoms with E-state index in [-0.39, 0.29) is 0 Å². The van der Waals surface area contributed by atoms with Gasteiger partial charge in [-0.15, -0.1) is 0 Å². The van der Waals surface area contributed by atoms with Gasteiger partial charge in [0.05, 0.1) is 0 Å². The zero-order chi connectivity index (χ0) is 6.32. The van der Waals surface area contributed by atoms with E-state index in [1.165, 1.54) is 25.7 Å². The molecule has 0 nitrogen and oxygen atoms in total. The molecule has 0 aliphatic heterocycles. The van der Waals surface area contributed by atoms with Gasteiger partial charge in [-0.3, -0.25) is 0 Å². The lowest BCUT2D eigenvalue weighted by Crippen LogP contribution is -2.34. The normalized spacial score (nSPS) is 33.0. The molecule has 0 unspecified atom stereocenters. The first-order valence-corrected chi connectivity index (χ1v) is 5.19. The molecule has 2 aliphatic rings. The van der Waals surface area contributed by atoms with Crippen molar-refractivity contribution in [2.75, 3.05) is 0 Å². The second-order valence-electron chi connectivity index (χ2n) is 3.71. The maximum Gasteiger partial charge on any atom is 0.0120 e. The van der Waals surface area contributed by atoms with Crippen LogP contribution in [0.3, 0.4) is 0 Å². The minimum atomic E-state index is 0.881. The molecule has 0 aromatic heterocycles. The second kappa shape index (κ2) is 2.11. The van der Waals surface area contributed by atoms with Gasteiger partial charge in [-0.05, 0) is 31.1 Å². The number of rotatable bonds is 0. The van der Waals surface area contributed by atoms with Gasteiger partial charge < -0.3 is 0 Å². The molecule has 2 rings (SSSR count). The van der Waals surface area contributed by atoms with E-state index in [0.717, 1.165) is 9.34 Å². The molecule has 0 radical (unpaired) electrons. The van der Waals surface area contributed by atoms with Crippen LogP contribution in [-0.4, -0.2) is 3.92 Å². The van der Waals surface area contributed by atoms with E-state index in [9.17, 15) is 0 Å². The topological polar surface area (TPSA) is 0 Å². The quantitative estimate of drug-likeness (QED) is 0.447. The second-order valence-corrected chi connectivity index (χ2v) is 5.47. The van der Waals surface area contributed by atoms with Crippen LogP contribution < -0.4 is 0 Å². The van der Waals surface area contributed by atoms with Crippen LogP contribution in [0.2, 0.25) is 0 Å². The number of hydrogen-bond donors (Lipinski definition) is 0. The summed E-state index contributed by atoms with van der Waals surface area (Å²) in [6, 6.07) is 0. The molecule has 0 aromatic rings. The third-order valence-corrected chi connectivity index (χ3v) is 3.85. The van der Waals surface area contributed by atoms with Crippen molar-refractivity contribution >= 4 is 22.6 Å². The van der Waals surface area contributed by atoms with Crippen LogP contribution in [0.25, 0.3) is 0 Å². The summed E-state index contributed by atoms with van der Waals surface area (Å²) in [5.41, 5.74) is 0.881. The summed E-state index contributed by atoms with van der Waals surface area (Å²) in [7, 11) is 0. The summed E-state index contributed by atoms with van der Waals surface area (Å²) in [5, 5.41) is 0. The molecule has 52 valence electrons. The molecule has 2 saturated carbocycles. The highest BCUT2D eigenvalue weighted by Gasteiger charge is 2.44. The van der Waals surface area contributed by atoms with E-state index in [1.54, 1.807) is 12.8 Å². The van der Waals surface area contributed by atoms with Gasteiger partial charge in [-0.25, -0.2) is 0 Å². The van der Waals surface area contributed by atoms with Crippen molar-refractivity contribution in [2.24, 2.45) is 5.41 Å². The first-order valence-electron chi connectivity index (χ1n) is 3.95. The van der Waals surface area contributed by atoms with E-state index in [4.69, 9.17) is 0 Å². The average Bonchev–Trinajstić information content (AvgIpc) is 2.12. The summed E-state index contributed by atoms with van der Waals surface area (Å²) in [6.45, 7) is 0. The zero-order valence-corrected chi connectivity index (χ0v) is 7.86. The summed E-state index contributed by atoms with van der Waals surface area (Å²) < 4.78 is 1.03. The van der Waals surface area contributed by atoms with Crippen LogP contribution in [0.1, 0.15) is 38.5 Å². The Labute approximate surface area is 70.5 Å². The Hall–Kier alpha value is 0.730. The lowest BCUT2D eigenvalue weighted by molar-refractivity contribution is 0.161. The molecule has 0 N–H and O–H groups in total. The van der Waals surface area contributed by atoms with Crippen molar-refractivity contribution in [1.82, 2.24) is 0 Å². The fraction of sp³-hybridized carbons (Fsp3) is 1.00. The third-order valence-electron chi connectivity index (χ3n) is 2.97. The molecule has 0 bridgehead atoms. The Morgan fingerprint density at radius 2 is 1.67 bits per heavy atom. The molecular weight excluding hydrogens is 223 g/mol. The van der Waals surface area contributed by atoms with Gasteiger partial charge in [-0.2, -0.15) is 0 Å². The first kappa shape index (κ1) is 6.44. The van der Waals surface area contributed by atoms with Gasteiger partial charge in [0.2, 0.25) is 0 Å². The maximum absolute atomic E-state index is 2.59. The van der Waals surface area contributed by atoms with Gasteiger partial charge in [0, 0.05) is 3.92 Å². The number of alkyl halides is 1. The van der Waals surface area contributed by atoms with E-state index in [0.29, 0.717) is 0 Å². The lowest BCUT2D eigenvalue weighted by Gasteiger charge is -2.42. The number of halogens is 1. The molecule has 0 heterocycles. The smallest absolute Gasteiger partial charge is 0.0120 e. The SMILES string of the molecule is IC1CC2(CCCC2)C1. The van der Waals surface area contributed by atoms with Gasteiger partial charge in [0.25, 0.3) is 0 Å². The fourth-order valence-corrected chi connectivity index (χ4v) is 4.28. The van der Waals surface area contributed by atoms with Crippen molar-refractivity contribution in [3.63, 3.8) is 0 Å². The highest BCUT2D eigenvalue weighted by atomic mass is 127. The standard InChI is InChI=1S/C8H13I/c9-7-5-8(6-7)3-1-2-4-8/h7H,1-6H2. The van der Waals surface area contributed by atoms with Crippen LogP contribution in [0.4, 0.5) is 0 Å². The number of hydrogen-bond acceptors (Lipinski definition) is 0. The summed E-state index contributed by atoms with van der Waals surface area (Å²) in [6.07, 6.45) is 9.20. The Kier molecular flexibility index (Phi) is 1.51. The molecule has 2 aliphatic carbocycles. The van der Waals surface area contributed by atoms with E-state index < -0.39 is 0 Å². The highest BCUT2D eigenvalue weighted by Crippen LogP contribution is 2.55. The predicted octanol–water partition coefficient (Wildman–Crippen LogP) is 3.14. The Bertz CT molecular complexity index is 106. The molecule has 0 saturated heterocycles. The zero-order valence-electron chi connectivity index (χ0n) is 5.70. The average molecular weight is 236 g/mol. The van der Waals surface area contributed by atoms with Crippen molar-refractivity contribution < 1.29 is 0 Å². The van der Waals surface area contributed by atoms with Crippen molar-refractivity contribution in [3.8, 4) is 0 Å². The summed E-state index contributed by atoms with van der Waals surface area (Å²) in [5.74, 6) is 0. The molecular formula is C8H13I. The molecule has 1 spiro atoms. The van der Waals surface area contributed by atoms with E-state index in [1.807, 2.05) is 0 Å². The van der Waals surface area contributed by atoms with Gasteiger partial charge in [0.1, 0.15) is 0 Å². The molecule has 9 heavy (non-hydrogen) atoms. The van der Waals surface area contributed by atoms with Gasteiger partial charge >= 0.3 is 0 Å².